The fourth-order valence-electron chi connectivity index (χ4n) is 3.07. The maximum atomic E-state index is 12.7. The van der Waals surface area contributed by atoms with Crippen molar-refractivity contribution in [2.75, 3.05) is 24.2 Å². The van der Waals surface area contributed by atoms with Crippen LogP contribution in [0.1, 0.15) is 12.6 Å². The van der Waals surface area contributed by atoms with E-state index in [9.17, 15) is 4.79 Å². The molecular formula is C18H21N3OS. The van der Waals surface area contributed by atoms with Crippen LogP contribution in [0.3, 0.4) is 0 Å². The number of pyridine rings is 1. The number of rotatable bonds is 4. The fourth-order valence-corrected chi connectivity index (χ4v) is 3.67. The summed E-state index contributed by atoms with van der Waals surface area (Å²) in [6.45, 7) is 4.11. The van der Waals surface area contributed by atoms with Crippen molar-refractivity contribution in [1.29, 1.82) is 0 Å². The standard InChI is InChI=1S/C18H21N3OS/c1-14-11-20(12-15-7-5-6-10-19-15)13-18(22)21(14)16-8-3-4-9-17(16)23-2/h3-10,14H,11-13H2,1-2H3. The average molecular weight is 327 g/mol. The first-order chi connectivity index (χ1) is 11.2. The first-order valence-electron chi connectivity index (χ1n) is 7.76. The highest BCUT2D eigenvalue weighted by Crippen LogP contribution is 2.31. The third-order valence-corrected chi connectivity index (χ3v) is 4.83. The zero-order chi connectivity index (χ0) is 16.2. The number of carbonyl (C=O) groups is 1. The summed E-state index contributed by atoms with van der Waals surface area (Å²) in [6, 6.07) is 14.2. The van der Waals surface area contributed by atoms with Gasteiger partial charge >= 0.3 is 0 Å². The van der Waals surface area contributed by atoms with Gasteiger partial charge in [-0.2, -0.15) is 0 Å². The smallest absolute Gasteiger partial charge is 0.241 e. The summed E-state index contributed by atoms with van der Waals surface area (Å²) in [4.78, 5) is 22.3. The monoisotopic (exact) mass is 327 g/mol. The molecule has 1 fully saturated rings. The Kier molecular flexibility index (Phi) is 4.98. The van der Waals surface area contributed by atoms with E-state index in [-0.39, 0.29) is 11.9 Å². The number of para-hydroxylation sites is 1. The minimum absolute atomic E-state index is 0.147. The zero-order valence-corrected chi connectivity index (χ0v) is 14.3. The Balaban J connectivity index is 1.76. The molecule has 0 N–H and O–H groups in total. The van der Waals surface area contributed by atoms with E-state index in [1.807, 2.05) is 47.6 Å². The molecule has 1 unspecified atom stereocenters. The van der Waals surface area contributed by atoms with Gasteiger partial charge in [-0.15, -0.1) is 11.8 Å². The molecule has 1 aromatic heterocycles. The normalized spacial score (nSPS) is 19.1. The molecular weight excluding hydrogens is 306 g/mol. The largest absolute Gasteiger partial charge is 0.306 e. The molecule has 1 aromatic carbocycles. The van der Waals surface area contributed by atoms with Gasteiger partial charge in [-0.1, -0.05) is 18.2 Å². The lowest BCUT2D eigenvalue weighted by Crippen LogP contribution is -2.55. The molecule has 1 aliphatic heterocycles. The molecule has 0 saturated carbocycles. The number of anilines is 1. The van der Waals surface area contributed by atoms with Gasteiger partial charge in [0.2, 0.25) is 5.91 Å². The van der Waals surface area contributed by atoms with Gasteiger partial charge in [-0.05, 0) is 37.4 Å². The molecule has 23 heavy (non-hydrogen) atoms. The number of hydrogen-bond acceptors (Lipinski definition) is 4. The Morgan fingerprint density at radius 2 is 2.00 bits per heavy atom. The summed E-state index contributed by atoms with van der Waals surface area (Å²) in [5.41, 5.74) is 2.03. The van der Waals surface area contributed by atoms with Crippen LogP contribution in [0, 0.1) is 0 Å². The third kappa shape index (κ3) is 3.57. The number of hydrogen-bond donors (Lipinski definition) is 0. The second-order valence-electron chi connectivity index (χ2n) is 5.78. The van der Waals surface area contributed by atoms with Crippen molar-refractivity contribution >= 4 is 23.4 Å². The quantitative estimate of drug-likeness (QED) is 0.809. The van der Waals surface area contributed by atoms with Gasteiger partial charge in [0.05, 0.1) is 17.9 Å². The van der Waals surface area contributed by atoms with E-state index in [4.69, 9.17) is 0 Å². The molecule has 5 heteroatoms. The van der Waals surface area contributed by atoms with Crippen LogP contribution < -0.4 is 4.90 Å². The minimum Gasteiger partial charge on any atom is -0.306 e. The lowest BCUT2D eigenvalue weighted by Gasteiger charge is -2.40. The van der Waals surface area contributed by atoms with Gasteiger partial charge in [0.25, 0.3) is 0 Å². The Morgan fingerprint density at radius 1 is 1.22 bits per heavy atom. The summed E-state index contributed by atoms with van der Waals surface area (Å²) in [7, 11) is 0. The molecule has 3 rings (SSSR count). The SMILES string of the molecule is CSc1ccccc1N1C(=O)CN(Cc2ccccn2)CC1C. The maximum absolute atomic E-state index is 12.7. The van der Waals surface area contributed by atoms with Gasteiger partial charge in [-0.3, -0.25) is 14.7 Å². The molecule has 120 valence electrons. The van der Waals surface area contributed by atoms with E-state index in [1.165, 1.54) is 0 Å². The van der Waals surface area contributed by atoms with Crippen LogP contribution in [-0.2, 0) is 11.3 Å². The second-order valence-corrected chi connectivity index (χ2v) is 6.62. The van der Waals surface area contributed by atoms with Gasteiger partial charge in [-0.25, -0.2) is 0 Å². The predicted molar refractivity (Wildman–Crippen MR) is 94.7 cm³/mol. The highest BCUT2D eigenvalue weighted by molar-refractivity contribution is 7.98. The predicted octanol–water partition coefficient (Wildman–Crippen LogP) is 3.04. The van der Waals surface area contributed by atoms with Crippen molar-refractivity contribution in [2.24, 2.45) is 0 Å². The summed E-state index contributed by atoms with van der Waals surface area (Å²) in [5.74, 6) is 0.154. The van der Waals surface area contributed by atoms with Gasteiger partial charge < -0.3 is 4.90 Å². The lowest BCUT2D eigenvalue weighted by atomic mass is 10.1. The number of amides is 1. The van der Waals surface area contributed by atoms with Crippen LogP contribution in [0.15, 0.2) is 53.6 Å². The summed E-state index contributed by atoms with van der Waals surface area (Å²) < 4.78 is 0. The van der Waals surface area contributed by atoms with E-state index >= 15 is 0 Å². The van der Waals surface area contributed by atoms with Crippen molar-refractivity contribution in [2.45, 2.75) is 24.4 Å². The molecule has 2 heterocycles. The Hall–Kier alpha value is -1.85. The van der Waals surface area contributed by atoms with Crippen molar-refractivity contribution in [1.82, 2.24) is 9.88 Å². The molecule has 0 aliphatic carbocycles. The van der Waals surface area contributed by atoms with Crippen molar-refractivity contribution in [3.63, 3.8) is 0 Å². The Labute approximate surface area is 141 Å². The number of benzene rings is 1. The zero-order valence-electron chi connectivity index (χ0n) is 13.5. The van der Waals surface area contributed by atoms with E-state index in [2.05, 4.69) is 22.9 Å². The van der Waals surface area contributed by atoms with Gasteiger partial charge in [0.15, 0.2) is 0 Å². The van der Waals surface area contributed by atoms with Crippen LogP contribution in [-0.4, -0.2) is 41.2 Å². The van der Waals surface area contributed by atoms with Crippen molar-refractivity contribution < 1.29 is 4.79 Å². The number of carbonyl (C=O) groups excluding carboxylic acids is 1. The van der Waals surface area contributed by atoms with Gasteiger partial charge in [0, 0.05) is 30.2 Å². The maximum Gasteiger partial charge on any atom is 0.241 e. The topological polar surface area (TPSA) is 36.4 Å². The van der Waals surface area contributed by atoms with E-state index < -0.39 is 0 Å². The van der Waals surface area contributed by atoms with Crippen molar-refractivity contribution in [3.8, 4) is 0 Å². The highest BCUT2D eigenvalue weighted by Gasteiger charge is 2.31. The number of thioether (sulfide) groups is 1. The first-order valence-corrected chi connectivity index (χ1v) is 8.99. The van der Waals surface area contributed by atoms with Crippen molar-refractivity contribution in [3.05, 3.63) is 54.4 Å². The molecule has 0 radical (unpaired) electrons. The molecule has 0 bridgehead atoms. The van der Waals surface area contributed by atoms with Crippen LogP contribution in [0.4, 0.5) is 5.69 Å². The number of piperazine rings is 1. The first kappa shape index (κ1) is 16.0. The molecule has 0 spiro atoms. The van der Waals surface area contributed by atoms with E-state index in [0.29, 0.717) is 6.54 Å². The Bertz CT molecular complexity index is 677. The van der Waals surface area contributed by atoms with Crippen LogP contribution >= 0.6 is 11.8 Å². The molecule has 1 saturated heterocycles. The molecule has 1 amide bonds. The molecule has 1 aliphatic rings. The summed E-state index contributed by atoms with van der Waals surface area (Å²) >= 11 is 1.68. The minimum atomic E-state index is 0.147. The highest BCUT2D eigenvalue weighted by atomic mass is 32.2. The second kappa shape index (κ2) is 7.15. The lowest BCUT2D eigenvalue weighted by molar-refractivity contribution is -0.122. The third-order valence-electron chi connectivity index (χ3n) is 4.05. The fraction of sp³-hybridized carbons (Fsp3) is 0.333. The number of aromatic nitrogens is 1. The van der Waals surface area contributed by atoms with E-state index in [0.717, 1.165) is 29.4 Å². The molecule has 1 atom stereocenters. The molecule has 2 aromatic rings. The number of nitrogens with zero attached hydrogens (tertiary/aromatic N) is 3. The summed E-state index contributed by atoms with van der Waals surface area (Å²) in [6.07, 6.45) is 3.84. The average Bonchev–Trinajstić information content (AvgIpc) is 2.55. The van der Waals surface area contributed by atoms with Gasteiger partial charge in [0.1, 0.15) is 0 Å². The Morgan fingerprint density at radius 3 is 2.70 bits per heavy atom. The van der Waals surface area contributed by atoms with Crippen LogP contribution in [0.2, 0.25) is 0 Å². The van der Waals surface area contributed by atoms with Crippen LogP contribution in [0.5, 0.6) is 0 Å². The summed E-state index contributed by atoms with van der Waals surface area (Å²) in [5, 5.41) is 0. The molecule has 4 nitrogen and oxygen atoms in total. The van der Waals surface area contributed by atoms with Crippen LogP contribution in [0.25, 0.3) is 0 Å². The van der Waals surface area contributed by atoms with E-state index in [1.54, 1.807) is 18.0 Å².